The predicted octanol–water partition coefficient (Wildman–Crippen LogP) is 0.978. The molecule has 0 N–H and O–H groups in total. The van der Waals surface area contributed by atoms with E-state index in [9.17, 15) is 4.79 Å². The standard InChI is InChI=1S/C9H14O3/c1-8(10)12-9(2,3)6-5-7-11-4/h7H2,1-4H3. The minimum absolute atomic E-state index is 0.327. The second-order valence-electron chi connectivity index (χ2n) is 2.84. The van der Waals surface area contributed by atoms with Crippen molar-refractivity contribution in [3.63, 3.8) is 0 Å². The first-order valence-electron chi connectivity index (χ1n) is 3.66. The number of hydrogen-bond acceptors (Lipinski definition) is 3. The molecule has 3 nitrogen and oxygen atoms in total. The fourth-order valence-corrected chi connectivity index (χ4v) is 0.706. The van der Waals surface area contributed by atoms with E-state index in [1.54, 1.807) is 21.0 Å². The van der Waals surface area contributed by atoms with Crippen LogP contribution in [-0.2, 0) is 14.3 Å². The van der Waals surface area contributed by atoms with E-state index in [2.05, 4.69) is 11.8 Å². The number of carbonyl (C=O) groups is 1. The molecule has 0 aliphatic heterocycles. The van der Waals surface area contributed by atoms with Crippen LogP contribution >= 0.6 is 0 Å². The second kappa shape index (κ2) is 4.78. The summed E-state index contributed by atoms with van der Waals surface area (Å²) in [4.78, 5) is 10.6. The lowest BCUT2D eigenvalue weighted by atomic mass is 10.1. The molecule has 0 unspecified atom stereocenters. The van der Waals surface area contributed by atoms with Gasteiger partial charge in [0, 0.05) is 14.0 Å². The van der Waals surface area contributed by atoms with Crippen molar-refractivity contribution in [2.45, 2.75) is 26.4 Å². The first kappa shape index (κ1) is 11.0. The van der Waals surface area contributed by atoms with E-state index in [0.717, 1.165) is 0 Å². The number of methoxy groups -OCH3 is 1. The van der Waals surface area contributed by atoms with Crippen LogP contribution in [0.2, 0.25) is 0 Å². The maximum absolute atomic E-state index is 10.6. The summed E-state index contributed by atoms with van der Waals surface area (Å²) in [5.41, 5.74) is -0.718. The third kappa shape index (κ3) is 5.75. The summed E-state index contributed by atoms with van der Waals surface area (Å²) in [6, 6.07) is 0. The monoisotopic (exact) mass is 170 g/mol. The van der Waals surface area contributed by atoms with Gasteiger partial charge in [-0.05, 0) is 13.8 Å². The number of esters is 1. The van der Waals surface area contributed by atoms with Crippen LogP contribution in [-0.4, -0.2) is 25.3 Å². The van der Waals surface area contributed by atoms with E-state index in [1.807, 2.05) is 0 Å². The molecular formula is C9H14O3. The molecule has 0 bridgehead atoms. The van der Waals surface area contributed by atoms with E-state index in [-0.39, 0.29) is 5.97 Å². The Morgan fingerprint density at radius 2 is 2.08 bits per heavy atom. The van der Waals surface area contributed by atoms with Crippen molar-refractivity contribution in [1.82, 2.24) is 0 Å². The number of carbonyl (C=O) groups excluding carboxylic acids is 1. The van der Waals surface area contributed by atoms with Crippen LogP contribution in [0.5, 0.6) is 0 Å². The smallest absolute Gasteiger partial charge is 0.304 e. The summed E-state index contributed by atoms with van der Waals surface area (Å²) in [6.45, 7) is 5.18. The van der Waals surface area contributed by atoms with Crippen molar-refractivity contribution in [3.05, 3.63) is 0 Å². The van der Waals surface area contributed by atoms with E-state index >= 15 is 0 Å². The van der Waals surface area contributed by atoms with Gasteiger partial charge in [0.2, 0.25) is 0 Å². The molecule has 0 heterocycles. The van der Waals surface area contributed by atoms with E-state index in [1.165, 1.54) is 6.92 Å². The molecule has 12 heavy (non-hydrogen) atoms. The molecule has 0 fully saturated rings. The van der Waals surface area contributed by atoms with E-state index in [0.29, 0.717) is 6.61 Å². The number of ether oxygens (including phenoxy) is 2. The Labute approximate surface area is 73.0 Å². The van der Waals surface area contributed by atoms with Crippen LogP contribution in [0.25, 0.3) is 0 Å². The zero-order valence-electron chi connectivity index (χ0n) is 7.93. The summed E-state index contributed by atoms with van der Waals surface area (Å²) < 4.78 is 9.64. The molecule has 0 atom stereocenters. The summed E-state index contributed by atoms with van der Waals surface area (Å²) in [6.07, 6.45) is 0. The Morgan fingerprint density at radius 3 is 2.50 bits per heavy atom. The maximum atomic E-state index is 10.6. The van der Waals surface area contributed by atoms with Crippen molar-refractivity contribution in [2.75, 3.05) is 13.7 Å². The van der Waals surface area contributed by atoms with Crippen molar-refractivity contribution >= 4 is 5.97 Å². The van der Waals surface area contributed by atoms with Gasteiger partial charge in [-0.1, -0.05) is 11.8 Å². The lowest BCUT2D eigenvalue weighted by Gasteiger charge is -2.16. The number of hydrogen-bond donors (Lipinski definition) is 0. The van der Waals surface area contributed by atoms with Crippen molar-refractivity contribution < 1.29 is 14.3 Å². The molecule has 0 amide bonds. The maximum Gasteiger partial charge on any atom is 0.304 e. The molecule has 0 aliphatic carbocycles. The summed E-state index contributed by atoms with van der Waals surface area (Å²) in [5.74, 6) is 5.18. The molecule has 0 aromatic heterocycles. The highest BCUT2D eigenvalue weighted by molar-refractivity contribution is 5.66. The van der Waals surface area contributed by atoms with Gasteiger partial charge in [-0.15, -0.1) is 0 Å². The third-order valence-corrected chi connectivity index (χ3v) is 1.00. The molecular weight excluding hydrogens is 156 g/mol. The summed E-state index contributed by atoms with van der Waals surface area (Å²) in [7, 11) is 1.56. The Hall–Kier alpha value is -1.01. The average molecular weight is 170 g/mol. The molecule has 0 aromatic rings. The molecule has 0 aliphatic rings. The fraction of sp³-hybridized carbons (Fsp3) is 0.667. The molecule has 3 heteroatoms. The largest absolute Gasteiger partial charge is 0.447 e. The van der Waals surface area contributed by atoms with Gasteiger partial charge in [-0.3, -0.25) is 4.79 Å². The van der Waals surface area contributed by atoms with E-state index < -0.39 is 5.60 Å². The molecule has 0 radical (unpaired) electrons. The molecule has 0 rings (SSSR count). The van der Waals surface area contributed by atoms with Gasteiger partial charge in [0.05, 0.1) is 0 Å². The minimum atomic E-state index is -0.718. The van der Waals surface area contributed by atoms with Crippen LogP contribution in [0, 0.1) is 11.8 Å². The lowest BCUT2D eigenvalue weighted by Crippen LogP contribution is -2.24. The third-order valence-electron chi connectivity index (χ3n) is 1.00. The van der Waals surface area contributed by atoms with Crippen molar-refractivity contribution in [1.29, 1.82) is 0 Å². The first-order valence-corrected chi connectivity index (χ1v) is 3.66. The van der Waals surface area contributed by atoms with Crippen molar-refractivity contribution in [3.8, 4) is 11.8 Å². The van der Waals surface area contributed by atoms with Crippen molar-refractivity contribution in [2.24, 2.45) is 0 Å². The number of rotatable bonds is 2. The van der Waals surface area contributed by atoms with Gasteiger partial charge in [0.1, 0.15) is 6.61 Å². The molecule has 0 spiro atoms. The summed E-state index contributed by atoms with van der Waals surface area (Å²) in [5, 5.41) is 0. The Kier molecular flexibility index (Phi) is 4.38. The average Bonchev–Trinajstić information content (AvgIpc) is 1.84. The Balaban J connectivity index is 4.05. The van der Waals surface area contributed by atoms with Gasteiger partial charge in [-0.25, -0.2) is 0 Å². The van der Waals surface area contributed by atoms with Crippen LogP contribution in [0.4, 0.5) is 0 Å². The highest BCUT2D eigenvalue weighted by Crippen LogP contribution is 2.06. The molecule has 0 aromatic carbocycles. The highest BCUT2D eigenvalue weighted by Gasteiger charge is 2.16. The van der Waals surface area contributed by atoms with Gasteiger partial charge < -0.3 is 9.47 Å². The minimum Gasteiger partial charge on any atom is -0.447 e. The second-order valence-corrected chi connectivity index (χ2v) is 2.84. The lowest BCUT2D eigenvalue weighted by molar-refractivity contribution is -0.148. The van der Waals surface area contributed by atoms with Crippen LogP contribution in [0.15, 0.2) is 0 Å². The van der Waals surface area contributed by atoms with Crippen LogP contribution < -0.4 is 0 Å². The molecule has 0 saturated heterocycles. The van der Waals surface area contributed by atoms with Crippen LogP contribution in [0.3, 0.4) is 0 Å². The fourth-order valence-electron chi connectivity index (χ4n) is 0.706. The zero-order valence-corrected chi connectivity index (χ0v) is 7.93. The normalized spacial score (nSPS) is 10.0. The van der Waals surface area contributed by atoms with Gasteiger partial charge in [0.15, 0.2) is 5.60 Å². The Bertz CT molecular complexity index is 208. The SMILES string of the molecule is COCC#CC(C)(C)OC(C)=O. The summed E-state index contributed by atoms with van der Waals surface area (Å²) >= 11 is 0. The highest BCUT2D eigenvalue weighted by atomic mass is 16.6. The van der Waals surface area contributed by atoms with Crippen LogP contribution in [0.1, 0.15) is 20.8 Å². The first-order chi connectivity index (χ1) is 5.48. The quantitative estimate of drug-likeness (QED) is 0.457. The topological polar surface area (TPSA) is 35.5 Å². The van der Waals surface area contributed by atoms with Gasteiger partial charge >= 0.3 is 5.97 Å². The van der Waals surface area contributed by atoms with Gasteiger partial charge in [-0.2, -0.15) is 0 Å². The molecule has 68 valence electrons. The van der Waals surface area contributed by atoms with E-state index in [4.69, 9.17) is 9.47 Å². The Morgan fingerprint density at radius 1 is 1.50 bits per heavy atom. The van der Waals surface area contributed by atoms with Gasteiger partial charge in [0.25, 0.3) is 0 Å². The zero-order chi connectivity index (χ0) is 9.61. The predicted molar refractivity (Wildman–Crippen MR) is 45.5 cm³/mol. The molecule has 0 saturated carbocycles.